The number of hydrogen-bond acceptors (Lipinski definition) is 11. The Balaban J connectivity index is 0.000000160. The smallest absolute Gasteiger partial charge is 0.154 e. The number of nitrogens with zero attached hydrogens (tertiary/aromatic N) is 12. The van der Waals surface area contributed by atoms with Gasteiger partial charge in [-0.3, -0.25) is 19.9 Å². The third-order valence-corrected chi connectivity index (χ3v) is 8.54. The summed E-state index contributed by atoms with van der Waals surface area (Å²) in [7, 11) is 0. The molecule has 0 unspecified atom stereocenters. The van der Waals surface area contributed by atoms with Crippen LogP contribution in [0.1, 0.15) is 25.3 Å². The topological polar surface area (TPSA) is 151 Å². The Bertz CT molecular complexity index is 2660. The summed E-state index contributed by atoms with van der Waals surface area (Å²) in [6.07, 6.45) is 19.9. The molecule has 9 rings (SSSR count). The first-order valence-corrected chi connectivity index (χ1v) is 17.0. The second-order valence-electron chi connectivity index (χ2n) is 12.3. The number of halogens is 1. The summed E-state index contributed by atoms with van der Waals surface area (Å²) in [5.41, 5.74) is 10.0. The van der Waals surface area contributed by atoms with Crippen LogP contribution in [0, 0.1) is 0 Å². The minimum absolute atomic E-state index is 0.375. The van der Waals surface area contributed by atoms with Gasteiger partial charge in [0.1, 0.15) is 11.0 Å². The van der Waals surface area contributed by atoms with E-state index in [0.717, 1.165) is 61.3 Å². The first-order chi connectivity index (χ1) is 25.9. The molecule has 9 aromatic heterocycles. The van der Waals surface area contributed by atoms with Crippen LogP contribution in [0.15, 0.2) is 135 Å². The zero-order valence-electron chi connectivity index (χ0n) is 28.5. The highest BCUT2D eigenvalue weighted by atomic mass is 35.5. The van der Waals surface area contributed by atoms with Gasteiger partial charge in [0.25, 0.3) is 0 Å². The third-order valence-electron chi connectivity index (χ3n) is 8.33. The second kappa shape index (κ2) is 14.7. The molecule has 53 heavy (non-hydrogen) atoms. The van der Waals surface area contributed by atoms with Crippen LogP contribution in [0.25, 0.3) is 55.7 Å². The summed E-state index contributed by atoms with van der Waals surface area (Å²) in [5, 5.41) is 20.8. The minimum Gasteiger partial charge on any atom is -0.323 e. The standard InChI is InChI=1S/C23H20N8.C16H10ClN5/c1-15(2)16-10-23(30-26-12-16)29-22-4-3-20-21(28-22)9-17(11-25-20)18-13-27-31(14-18)19-5-7-24-8-6-19;17-16-2-1-14-15(21-16)7-11(8-19-14)12-9-20-22(10-12)13-3-5-18-6-4-13/h3-15H,1-2H3,(H,28,29,30);1-10H. The zero-order chi connectivity index (χ0) is 36.1. The van der Waals surface area contributed by atoms with E-state index in [9.17, 15) is 0 Å². The highest BCUT2D eigenvalue weighted by Gasteiger charge is 2.10. The molecule has 14 heteroatoms. The summed E-state index contributed by atoms with van der Waals surface area (Å²) in [6.45, 7) is 4.25. The summed E-state index contributed by atoms with van der Waals surface area (Å²) in [4.78, 5) is 26.0. The molecule has 0 aliphatic carbocycles. The van der Waals surface area contributed by atoms with E-state index in [0.29, 0.717) is 22.7 Å². The van der Waals surface area contributed by atoms with Gasteiger partial charge in [0.2, 0.25) is 0 Å². The molecule has 0 atom stereocenters. The van der Waals surface area contributed by atoms with Crippen molar-refractivity contribution in [3.05, 3.63) is 146 Å². The molecular formula is C39H30ClN13. The number of anilines is 2. The van der Waals surface area contributed by atoms with Gasteiger partial charge in [-0.1, -0.05) is 25.4 Å². The first kappa shape index (κ1) is 33.2. The van der Waals surface area contributed by atoms with Crippen LogP contribution in [0.2, 0.25) is 5.15 Å². The third kappa shape index (κ3) is 7.55. The van der Waals surface area contributed by atoms with E-state index in [4.69, 9.17) is 16.6 Å². The first-order valence-electron chi connectivity index (χ1n) is 16.6. The molecule has 9 aromatic rings. The lowest BCUT2D eigenvalue weighted by molar-refractivity contribution is 0.843. The molecule has 0 spiro atoms. The van der Waals surface area contributed by atoms with Gasteiger partial charge >= 0.3 is 0 Å². The van der Waals surface area contributed by atoms with Gasteiger partial charge < -0.3 is 5.32 Å². The average Bonchev–Trinajstić information content (AvgIpc) is 3.90. The minimum atomic E-state index is 0.375. The molecule has 0 radical (unpaired) electrons. The number of aromatic nitrogens is 12. The highest BCUT2D eigenvalue weighted by Crippen LogP contribution is 2.26. The van der Waals surface area contributed by atoms with Gasteiger partial charge in [-0.15, -0.1) is 5.10 Å². The van der Waals surface area contributed by atoms with E-state index in [1.807, 2.05) is 96.3 Å². The SMILES string of the molecule is CC(C)c1cnnc(Nc2ccc3ncc(-c4cnn(-c5ccncc5)c4)cc3n2)c1.Clc1ccc2ncc(-c3cnn(-c4ccncc4)c3)cc2n1. The zero-order valence-corrected chi connectivity index (χ0v) is 29.3. The molecule has 0 aliphatic rings. The molecule has 0 saturated carbocycles. The molecular weight excluding hydrogens is 686 g/mol. The lowest BCUT2D eigenvalue weighted by atomic mass is 10.1. The summed E-state index contributed by atoms with van der Waals surface area (Å²) < 4.78 is 3.61. The van der Waals surface area contributed by atoms with Gasteiger partial charge in [-0.2, -0.15) is 15.3 Å². The van der Waals surface area contributed by atoms with Gasteiger partial charge in [0, 0.05) is 71.8 Å². The molecule has 0 fully saturated rings. The van der Waals surface area contributed by atoms with Crippen molar-refractivity contribution in [1.82, 2.24) is 59.7 Å². The number of pyridine rings is 6. The highest BCUT2D eigenvalue weighted by molar-refractivity contribution is 6.29. The maximum absolute atomic E-state index is 5.94. The van der Waals surface area contributed by atoms with Crippen LogP contribution in [0.4, 0.5) is 11.6 Å². The fourth-order valence-corrected chi connectivity index (χ4v) is 5.64. The van der Waals surface area contributed by atoms with Crippen LogP contribution < -0.4 is 5.32 Å². The molecule has 13 nitrogen and oxygen atoms in total. The maximum atomic E-state index is 5.94. The summed E-state index contributed by atoms with van der Waals surface area (Å²) in [6, 6.07) is 21.0. The predicted molar refractivity (Wildman–Crippen MR) is 204 cm³/mol. The largest absolute Gasteiger partial charge is 0.323 e. The normalized spacial score (nSPS) is 11.1. The summed E-state index contributed by atoms with van der Waals surface area (Å²) in [5.74, 6) is 1.73. The van der Waals surface area contributed by atoms with Crippen molar-refractivity contribution >= 4 is 45.3 Å². The van der Waals surface area contributed by atoms with E-state index in [-0.39, 0.29) is 0 Å². The van der Waals surface area contributed by atoms with Crippen LogP contribution in [0.5, 0.6) is 0 Å². The Morgan fingerprint density at radius 2 is 1.13 bits per heavy atom. The molecule has 9 heterocycles. The lowest BCUT2D eigenvalue weighted by Gasteiger charge is -2.09. The van der Waals surface area contributed by atoms with Crippen molar-refractivity contribution in [2.45, 2.75) is 19.8 Å². The van der Waals surface area contributed by atoms with E-state index in [2.05, 4.69) is 64.5 Å². The Hall–Kier alpha value is -6.99. The van der Waals surface area contributed by atoms with Crippen molar-refractivity contribution in [1.29, 1.82) is 0 Å². The van der Waals surface area contributed by atoms with E-state index < -0.39 is 0 Å². The second-order valence-corrected chi connectivity index (χ2v) is 12.7. The predicted octanol–water partition coefficient (Wildman–Crippen LogP) is 8.07. The van der Waals surface area contributed by atoms with Crippen molar-refractivity contribution < 1.29 is 0 Å². The Labute approximate surface area is 308 Å². The van der Waals surface area contributed by atoms with E-state index in [1.54, 1.807) is 47.9 Å². The Morgan fingerprint density at radius 3 is 1.72 bits per heavy atom. The average molecular weight is 716 g/mol. The van der Waals surface area contributed by atoms with Gasteiger partial charge in [0.05, 0.1) is 52.0 Å². The monoisotopic (exact) mass is 715 g/mol. The quantitative estimate of drug-likeness (QED) is 0.160. The van der Waals surface area contributed by atoms with Gasteiger partial charge in [-0.25, -0.2) is 19.3 Å². The molecule has 1 N–H and O–H groups in total. The van der Waals surface area contributed by atoms with E-state index in [1.165, 1.54) is 0 Å². The van der Waals surface area contributed by atoms with Gasteiger partial charge in [0.15, 0.2) is 5.82 Å². The van der Waals surface area contributed by atoms with Crippen LogP contribution in [0.3, 0.4) is 0 Å². The lowest BCUT2D eigenvalue weighted by Crippen LogP contribution is -2.00. The molecule has 0 aromatic carbocycles. The molecule has 0 bridgehead atoms. The van der Waals surface area contributed by atoms with Crippen molar-refractivity contribution in [3.63, 3.8) is 0 Å². The molecule has 0 amide bonds. The van der Waals surface area contributed by atoms with Crippen LogP contribution >= 0.6 is 11.6 Å². The van der Waals surface area contributed by atoms with Crippen molar-refractivity contribution in [2.24, 2.45) is 0 Å². The Morgan fingerprint density at radius 1 is 0.566 bits per heavy atom. The van der Waals surface area contributed by atoms with Crippen LogP contribution in [-0.4, -0.2) is 59.7 Å². The fourth-order valence-electron chi connectivity index (χ4n) is 5.48. The maximum Gasteiger partial charge on any atom is 0.154 e. The van der Waals surface area contributed by atoms with Crippen LogP contribution in [-0.2, 0) is 0 Å². The van der Waals surface area contributed by atoms with Gasteiger partial charge in [-0.05, 0) is 78.2 Å². The van der Waals surface area contributed by atoms with Crippen molar-refractivity contribution in [3.8, 4) is 33.6 Å². The van der Waals surface area contributed by atoms with E-state index >= 15 is 0 Å². The number of nitrogens with one attached hydrogen (secondary N) is 1. The fraction of sp³-hybridized carbons (Fsp3) is 0.0769. The van der Waals surface area contributed by atoms with Crippen molar-refractivity contribution in [2.75, 3.05) is 5.32 Å². The molecule has 258 valence electrons. The number of hydrogen-bond donors (Lipinski definition) is 1. The Kier molecular flexibility index (Phi) is 9.20. The summed E-state index contributed by atoms with van der Waals surface area (Å²) >= 11 is 5.94. The number of rotatable bonds is 7. The number of fused-ring (bicyclic) bond motifs is 2. The molecule has 0 aliphatic heterocycles. The molecule has 0 saturated heterocycles.